The first-order valence-electron chi connectivity index (χ1n) is 6.74. The third-order valence-corrected chi connectivity index (χ3v) is 4.91. The van der Waals surface area contributed by atoms with Crippen LogP contribution >= 0.6 is 22.9 Å². The fourth-order valence-electron chi connectivity index (χ4n) is 2.03. The number of aryl methyl sites for hydroxylation is 2. The molecule has 22 heavy (non-hydrogen) atoms. The van der Waals surface area contributed by atoms with Crippen LogP contribution in [0.15, 0.2) is 24.3 Å². The van der Waals surface area contributed by atoms with Crippen LogP contribution in [0.3, 0.4) is 0 Å². The Bertz CT molecular complexity index is 724. The lowest BCUT2D eigenvalue weighted by Crippen LogP contribution is -2.11. The van der Waals surface area contributed by atoms with Crippen molar-refractivity contribution in [2.24, 2.45) is 0 Å². The van der Waals surface area contributed by atoms with Crippen molar-refractivity contribution in [3.63, 3.8) is 0 Å². The average Bonchev–Trinajstić information content (AvgIpc) is 2.89. The first-order chi connectivity index (χ1) is 10.5. The molecule has 1 N–H and O–H groups in total. The molecule has 1 amide bonds. The highest BCUT2D eigenvalue weighted by Crippen LogP contribution is 2.27. The smallest absolute Gasteiger partial charge is 0.337 e. The summed E-state index contributed by atoms with van der Waals surface area (Å²) in [6.45, 7) is 4.04. The Morgan fingerprint density at radius 1 is 1.32 bits per heavy atom. The van der Waals surface area contributed by atoms with Gasteiger partial charge in [-0.15, -0.1) is 11.3 Å². The summed E-state index contributed by atoms with van der Waals surface area (Å²) < 4.78 is 4.66. The van der Waals surface area contributed by atoms with Crippen LogP contribution in [0.4, 0.5) is 5.69 Å². The van der Waals surface area contributed by atoms with E-state index in [1.807, 2.05) is 13.0 Å². The number of esters is 1. The van der Waals surface area contributed by atoms with E-state index in [0.717, 1.165) is 12.0 Å². The molecule has 4 nitrogen and oxygen atoms in total. The van der Waals surface area contributed by atoms with Gasteiger partial charge in [0.1, 0.15) is 0 Å². The van der Waals surface area contributed by atoms with Gasteiger partial charge >= 0.3 is 5.97 Å². The van der Waals surface area contributed by atoms with Crippen LogP contribution < -0.4 is 5.32 Å². The van der Waals surface area contributed by atoms with Gasteiger partial charge in [-0.2, -0.15) is 0 Å². The lowest BCUT2D eigenvalue weighted by atomic mass is 10.2. The van der Waals surface area contributed by atoms with E-state index in [0.29, 0.717) is 21.2 Å². The lowest BCUT2D eigenvalue weighted by Gasteiger charge is -2.08. The topological polar surface area (TPSA) is 55.4 Å². The molecular weight excluding hydrogens is 322 g/mol. The number of nitrogens with one attached hydrogen (secondary N) is 1. The molecule has 0 saturated heterocycles. The summed E-state index contributed by atoms with van der Waals surface area (Å²) in [7, 11) is 1.30. The molecule has 1 aromatic heterocycles. The van der Waals surface area contributed by atoms with Crippen LogP contribution in [0, 0.1) is 6.92 Å². The Morgan fingerprint density at radius 2 is 2.05 bits per heavy atom. The van der Waals surface area contributed by atoms with Gasteiger partial charge in [0.25, 0.3) is 5.91 Å². The standard InChI is InChI=1S/C16H16ClNO3S/c1-4-13-9(2)7-14(22-13)15(19)18-12-8-10(16(20)21-3)5-6-11(12)17/h5-8H,4H2,1-3H3,(H,18,19). The van der Waals surface area contributed by atoms with Gasteiger partial charge in [0.2, 0.25) is 0 Å². The molecule has 0 aliphatic carbocycles. The zero-order chi connectivity index (χ0) is 16.3. The number of benzene rings is 1. The highest BCUT2D eigenvalue weighted by molar-refractivity contribution is 7.14. The summed E-state index contributed by atoms with van der Waals surface area (Å²) >= 11 is 7.54. The van der Waals surface area contributed by atoms with Gasteiger partial charge in [0, 0.05) is 4.88 Å². The van der Waals surface area contributed by atoms with Gasteiger partial charge < -0.3 is 10.1 Å². The SMILES string of the molecule is CCc1sc(C(=O)Nc2cc(C(=O)OC)ccc2Cl)cc1C. The van der Waals surface area contributed by atoms with Crippen molar-refractivity contribution in [3.05, 3.63) is 50.2 Å². The Kier molecular flexibility index (Phi) is 5.21. The summed E-state index contributed by atoms with van der Waals surface area (Å²) in [5.41, 5.74) is 1.82. The maximum Gasteiger partial charge on any atom is 0.337 e. The first-order valence-corrected chi connectivity index (χ1v) is 7.94. The van der Waals surface area contributed by atoms with Crippen molar-refractivity contribution in [1.82, 2.24) is 0 Å². The highest BCUT2D eigenvalue weighted by Gasteiger charge is 2.15. The second kappa shape index (κ2) is 6.94. The predicted molar refractivity (Wildman–Crippen MR) is 89.2 cm³/mol. The number of carbonyl (C=O) groups is 2. The quantitative estimate of drug-likeness (QED) is 0.846. The third-order valence-electron chi connectivity index (χ3n) is 3.20. The minimum atomic E-state index is -0.479. The molecule has 0 saturated carbocycles. The van der Waals surface area contributed by atoms with Crippen LogP contribution in [-0.2, 0) is 11.2 Å². The second-order valence-corrected chi connectivity index (χ2v) is 6.25. The minimum absolute atomic E-state index is 0.239. The van der Waals surface area contributed by atoms with E-state index in [4.69, 9.17) is 11.6 Å². The fraction of sp³-hybridized carbons (Fsp3) is 0.250. The number of thiophene rings is 1. The van der Waals surface area contributed by atoms with E-state index in [2.05, 4.69) is 17.0 Å². The van der Waals surface area contributed by atoms with Gasteiger partial charge in [0.05, 0.1) is 28.3 Å². The normalized spacial score (nSPS) is 10.4. The van der Waals surface area contributed by atoms with Gasteiger partial charge in [-0.05, 0) is 43.2 Å². The minimum Gasteiger partial charge on any atom is -0.465 e. The van der Waals surface area contributed by atoms with E-state index in [-0.39, 0.29) is 5.91 Å². The molecule has 0 radical (unpaired) electrons. The largest absolute Gasteiger partial charge is 0.465 e. The van der Waals surface area contributed by atoms with Gasteiger partial charge in [-0.1, -0.05) is 18.5 Å². The fourth-order valence-corrected chi connectivity index (χ4v) is 3.21. The molecule has 1 aromatic carbocycles. The van der Waals surface area contributed by atoms with Crippen molar-refractivity contribution in [2.75, 3.05) is 12.4 Å². The van der Waals surface area contributed by atoms with Gasteiger partial charge in [0.15, 0.2) is 0 Å². The first kappa shape index (κ1) is 16.5. The van der Waals surface area contributed by atoms with Crippen molar-refractivity contribution in [2.45, 2.75) is 20.3 Å². The number of methoxy groups -OCH3 is 1. The number of rotatable bonds is 4. The Hall–Kier alpha value is -1.85. The molecule has 0 atom stereocenters. The Morgan fingerprint density at radius 3 is 2.64 bits per heavy atom. The molecule has 0 aliphatic rings. The number of amides is 1. The number of hydrogen-bond acceptors (Lipinski definition) is 4. The molecule has 0 bridgehead atoms. The van der Waals surface area contributed by atoms with Crippen LogP contribution in [0.5, 0.6) is 0 Å². The van der Waals surface area contributed by atoms with E-state index in [1.165, 1.54) is 29.4 Å². The zero-order valence-electron chi connectivity index (χ0n) is 12.5. The Labute approximate surface area is 138 Å². The Balaban J connectivity index is 2.25. The molecule has 0 unspecified atom stereocenters. The molecule has 0 fully saturated rings. The van der Waals surface area contributed by atoms with E-state index >= 15 is 0 Å². The highest BCUT2D eigenvalue weighted by atomic mass is 35.5. The molecule has 116 valence electrons. The van der Waals surface area contributed by atoms with Crippen molar-refractivity contribution < 1.29 is 14.3 Å². The van der Waals surface area contributed by atoms with Crippen molar-refractivity contribution in [1.29, 1.82) is 0 Å². The monoisotopic (exact) mass is 337 g/mol. The summed E-state index contributed by atoms with van der Waals surface area (Å²) in [6, 6.07) is 6.47. The summed E-state index contributed by atoms with van der Waals surface area (Å²) in [6.07, 6.45) is 0.891. The summed E-state index contributed by atoms with van der Waals surface area (Å²) in [5, 5.41) is 3.11. The van der Waals surface area contributed by atoms with Crippen molar-refractivity contribution >= 4 is 40.5 Å². The zero-order valence-corrected chi connectivity index (χ0v) is 14.1. The average molecular weight is 338 g/mol. The van der Waals surface area contributed by atoms with Crippen LogP contribution in [0.2, 0.25) is 5.02 Å². The summed E-state index contributed by atoms with van der Waals surface area (Å²) in [5.74, 6) is -0.718. The molecule has 0 aliphatic heterocycles. The van der Waals surface area contributed by atoms with Crippen LogP contribution in [0.25, 0.3) is 0 Å². The number of halogens is 1. The molecule has 2 rings (SSSR count). The molecular formula is C16H16ClNO3S. The maximum atomic E-state index is 12.3. The van der Waals surface area contributed by atoms with Crippen LogP contribution in [-0.4, -0.2) is 19.0 Å². The predicted octanol–water partition coefficient (Wildman–Crippen LogP) is 4.31. The number of hydrogen-bond donors (Lipinski definition) is 1. The van der Waals surface area contributed by atoms with E-state index in [1.54, 1.807) is 12.1 Å². The molecule has 0 spiro atoms. The molecule has 6 heteroatoms. The van der Waals surface area contributed by atoms with Crippen molar-refractivity contribution in [3.8, 4) is 0 Å². The second-order valence-electron chi connectivity index (χ2n) is 4.71. The van der Waals surface area contributed by atoms with Crippen LogP contribution in [0.1, 0.15) is 37.4 Å². The van der Waals surface area contributed by atoms with E-state index < -0.39 is 5.97 Å². The van der Waals surface area contributed by atoms with Gasteiger partial charge in [-0.25, -0.2) is 4.79 Å². The van der Waals surface area contributed by atoms with E-state index in [9.17, 15) is 9.59 Å². The van der Waals surface area contributed by atoms with Gasteiger partial charge in [-0.3, -0.25) is 4.79 Å². The number of carbonyl (C=O) groups excluding carboxylic acids is 2. The lowest BCUT2D eigenvalue weighted by molar-refractivity contribution is 0.0600. The maximum absolute atomic E-state index is 12.3. The number of anilines is 1. The third kappa shape index (κ3) is 3.48. The number of ether oxygens (including phenoxy) is 1. The summed E-state index contributed by atoms with van der Waals surface area (Å²) in [4.78, 5) is 25.7. The molecule has 1 heterocycles. The molecule has 2 aromatic rings.